The summed E-state index contributed by atoms with van der Waals surface area (Å²) in [6, 6.07) is 20.3. The molecule has 1 N–H and O–H groups in total. The fourth-order valence-corrected chi connectivity index (χ4v) is 3.40. The number of nitrogens with zero attached hydrogens (tertiary/aromatic N) is 2. The van der Waals surface area contributed by atoms with Crippen molar-refractivity contribution in [1.29, 1.82) is 0 Å². The van der Waals surface area contributed by atoms with Crippen LogP contribution in [0.5, 0.6) is 17.2 Å². The Balaban J connectivity index is 1.59. The SMILES string of the molecule is COc1cc(C(=O)Nc2ccccc2-c2nc(Cc3ccccc3)no2)cc(OC)c1OC. The Kier molecular flexibility index (Phi) is 6.54. The van der Waals surface area contributed by atoms with Crippen molar-refractivity contribution in [2.45, 2.75) is 6.42 Å². The number of aromatic nitrogens is 2. The molecule has 4 rings (SSSR count). The van der Waals surface area contributed by atoms with Crippen LogP contribution in [0.1, 0.15) is 21.7 Å². The first-order chi connectivity index (χ1) is 16.1. The van der Waals surface area contributed by atoms with Gasteiger partial charge in [0.15, 0.2) is 17.3 Å². The van der Waals surface area contributed by atoms with Crippen LogP contribution in [0.4, 0.5) is 5.69 Å². The van der Waals surface area contributed by atoms with Crippen molar-refractivity contribution in [3.8, 4) is 28.7 Å². The summed E-state index contributed by atoms with van der Waals surface area (Å²) in [7, 11) is 4.50. The van der Waals surface area contributed by atoms with Crippen LogP contribution in [0, 0.1) is 0 Å². The molecule has 0 aliphatic rings. The van der Waals surface area contributed by atoms with Crippen molar-refractivity contribution in [3.05, 3.63) is 83.7 Å². The Hall–Kier alpha value is -4.33. The molecule has 33 heavy (non-hydrogen) atoms. The van der Waals surface area contributed by atoms with Crippen molar-refractivity contribution in [1.82, 2.24) is 10.1 Å². The average Bonchev–Trinajstić information content (AvgIpc) is 3.32. The summed E-state index contributed by atoms with van der Waals surface area (Å²) in [4.78, 5) is 17.6. The third kappa shape index (κ3) is 4.79. The van der Waals surface area contributed by atoms with Gasteiger partial charge in [-0.2, -0.15) is 4.98 Å². The molecule has 0 saturated carbocycles. The van der Waals surface area contributed by atoms with E-state index in [2.05, 4.69) is 15.5 Å². The van der Waals surface area contributed by atoms with Gasteiger partial charge in [-0.1, -0.05) is 47.6 Å². The van der Waals surface area contributed by atoms with Crippen LogP contribution in [-0.2, 0) is 6.42 Å². The summed E-state index contributed by atoms with van der Waals surface area (Å²) in [6.07, 6.45) is 0.546. The van der Waals surface area contributed by atoms with Gasteiger partial charge in [-0.3, -0.25) is 4.79 Å². The van der Waals surface area contributed by atoms with Gasteiger partial charge in [0, 0.05) is 12.0 Å². The molecule has 168 valence electrons. The molecule has 3 aromatic carbocycles. The number of amides is 1. The smallest absolute Gasteiger partial charge is 0.260 e. The number of anilines is 1. The molecule has 0 aliphatic carbocycles. The monoisotopic (exact) mass is 445 g/mol. The van der Waals surface area contributed by atoms with Crippen LogP contribution < -0.4 is 19.5 Å². The number of benzene rings is 3. The Morgan fingerprint density at radius 1 is 0.909 bits per heavy atom. The molecule has 8 nitrogen and oxygen atoms in total. The molecule has 0 unspecified atom stereocenters. The number of carbonyl (C=O) groups is 1. The fraction of sp³-hybridized carbons (Fsp3) is 0.160. The highest BCUT2D eigenvalue weighted by molar-refractivity contribution is 6.06. The Morgan fingerprint density at radius 3 is 2.24 bits per heavy atom. The summed E-state index contributed by atoms with van der Waals surface area (Å²) in [6.45, 7) is 0. The van der Waals surface area contributed by atoms with Crippen molar-refractivity contribution < 1.29 is 23.5 Å². The van der Waals surface area contributed by atoms with E-state index in [-0.39, 0.29) is 5.91 Å². The first-order valence-electron chi connectivity index (χ1n) is 10.2. The highest BCUT2D eigenvalue weighted by atomic mass is 16.5. The number of methoxy groups -OCH3 is 3. The minimum Gasteiger partial charge on any atom is -0.493 e. The second-order valence-corrected chi connectivity index (χ2v) is 7.09. The maximum Gasteiger partial charge on any atom is 0.260 e. The van der Waals surface area contributed by atoms with Crippen LogP contribution in [0.15, 0.2) is 71.3 Å². The van der Waals surface area contributed by atoms with Gasteiger partial charge in [0.25, 0.3) is 11.8 Å². The molecule has 0 atom stereocenters. The Labute approximate surface area is 191 Å². The second-order valence-electron chi connectivity index (χ2n) is 7.09. The molecule has 0 bridgehead atoms. The Bertz CT molecular complexity index is 1230. The van der Waals surface area contributed by atoms with Crippen LogP contribution in [0.3, 0.4) is 0 Å². The number of rotatable bonds is 8. The van der Waals surface area contributed by atoms with Crippen LogP contribution in [0.25, 0.3) is 11.5 Å². The van der Waals surface area contributed by atoms with E-state index in [0.29, 0.717) is 52.2 Å². The summed E-state index contributed by atoms with van der Waals surface area (Å²) in [5.74, 6) is 1.71. The van der Waals surface area contributed by atoms with Gasteiger partial charge in [-0.15, -0.1) is 0 Å². The second kappa shape index (κ2) is 9.86. The number of nitrogens with one attached hydrogen (secondary N) is 1. The molecule has 0 radical (unpaired) electrons. The number of para-hydroxylation sites is 1. The molecule has 0 aliphatic heterocycles. The number of ether oxygens (including phenoxy) is 3. The topological polar surface area (TPSA) is 95.7 Å². The maximum atomic E-state index is 13.1. The lowest BCUT2D eigenvalue weighted by atomic mass is 10.1. The molecular weight excluding hydrogens is 422 g/mol. The number of carbonyl (C=O) groups excluding carboxylic acids is 1. The maximum absolute atomic E-state index is 13.1. The predicted molar refractivity (Wildman–Crippen MR) is 123 cm³/mol. The van der Waals surface area contributed by atoms with E-state index in [1.807, 2.05) is 48.5 Å². The predicted octanol–water partition coefficient (Wildman–Crippen LogP) is 4.61. The molecule has 1 amide bonds. The fourth-order valence-electron chi connectivity index (χ4n) is 3.40. The minimum atomic E-state index is -0.356. The van der Waals surface area contributed by atoms with E-state index < -0.39 is 0 Å². The standard InChI is InChI=1S/C25H23N3O5/c1-30-20-14-17(15-21(31-2)23(20)32-3)24(29)26-19-12-8-7-11-18(19)25-27-22(28-33-25)13-16-9-5-4-6-10-16/h4-12,14-15H,13H2,1-3H3,(H,26,29). The van der Waals surface area contributed by atoms with Crippen molar-refractivity contribution >= 4 is 11.6 Å². The lowest BCUT2D eigenvalue weighted by Gasteiger charge is -2.14. The average molecular weight is 445 g/mol. The molecule has 0 spiro atoms. The molecule has 0 fully saturated rings. The van der Waals surface area contributed by atoms with Gasteiger partial charge >= 0.3 is 0 Å². The summed E-state index contributed by atoms with van der Waals surface area (Å²) in [5.41, 5.74) is 2.57. The molecular formula is C25H23N3O5. The van der Waals surface area contributed by atoms with Gasteiger partial charge in [0.05, 0.1) is 32.6 Å². The van der Waals surface area contributed by atoms with Crippen molar-refractivity contribution in [2.75, 3.05) is 26.6 Å². The normalized spacial score (nSPS) is 10.5. The zero-order chi connectivity index (χ0) is 23.2. The van der Waals surface area contributed by atoms with Crippen LogP contribution in [0.2, 0.25) is 0 Å². The van der Waals surface area contributed by atoms with Gasteiger partial charge in [-0.25, -0.2) is 0 Å². The largest absolute Gasteiger partial charge is 0.493 e. The zero-order valence-electron chi connectivity index (χ0n) is 18.5. The van der Waals surface area contributed by atoms with E-state index in [1.165, 1.54) is 21.3 Å². The van der Waals surface area contributed by atoms with E-state index >= 15 is 0 Å². The van der Waals surface area contributed by atoms with Crippen molar-refractivity contribution in [3.63, 3.8) is 0 Å². The highest BCUT2D eigenvalue weighted by Crippen LogP contribution is 2.38. The molecule has 8 heteroatoms. The lowest BCUT2D eigenvalue weighted by Crippen LogP contribution is -2.13. The van der Waals surface area contributed by atoms with Crippen LogP contribution in [-0.4, -0.2) is 37.4 Å². The first kappa shape index (κ1) is 21.9. The van der Waals surface area contributed by atoms with Gasteiger partial charge < -0.3 is 24.1 Å². The third-order valence-corrected chi connectivity index (χ3v) is 5.01. The third-order valence-electron chi connectivity index (χ3n) is 5.01. The number of hydrogen-bond acceptors (Lipinski definition) is 7. The lowest BCUT2D eigenvalue weighted by molar-refractivity contribution is 0.102. The quantitative estimate of drug-likeness (QED) is 0.423. The zero-order valence-corrected chi connectivity index (χ0v) is 18.5. The van der Waals surface area contributed by atoms with E-state index in [9.17, 15) is 4.79 Å². The van der Waals surface area contributed by atoms with E-state index in [1.54, 1.807) is 18.2 Å². The summed E-state index contributed by atoms with van der Waals surface area (Å²) < 4.78 is 21.5. The van der Waals surface area contributed by atoms with E-state index in [0.717, 1.165) is 5.56 Å². The Morgan fingerprint density at radius 2 is 1.58 bits per heavy atom. The molecule has 1 heterocycles. The molecule has 1 aromatic heterocycles. The molecule has 4 aromatic rings. The summed E-state index contributed by atoms with van der Waals surface area (Å²) >= 11 is 0. The van der Waals surface area contributed by atoms with Crippen molar-refractivity contribution in [2.24, 2.45) is 0 Å². The molecule has 0 saturated heterocycles. The highest BCUT2D eigenvalue weighted by Gasteiger charge is 2.19. The van der Waals surface area contributed by atoms with Gasteiger partial charge in [0.2, 0.25) is 5.75 Å². The number of hydrogen-bond donors (Lipinski definition) is 1. The minimum absolute atomic E-state index is 0.321. The van der Waals surface area contributed by atoms with Gasteiger partial charge in [0.1, 0.15) is 0 Å². The summed E-state index contributed by atoms with van der Waals surface area (Å²) in [5, 5.41) is 6.99. The van der Waals surface area contributed by atoms with Crippen LogP contribution >= 0.6 is 0 Å². The van der Waals surface area contributed by atoms with Gasteiger partial charge in [-0.05, 0) is 29.8 Å². The first-order valence-corrected chi connectivity index (χ1v) is 10.2. The van der Waals surface area contributed by atoms with E-state index in [4.69, 9.17) is 18.7 Å².